The fraction of sp³-hybridized carbons (Fsp3) is 0.409. The van der Waals surface area contributed by atoms with Crippen LogP contribution in [0.15, 0.2) is 48.8 Å². The zero-order chi connectivity index (χ0) is 20.1. The lowest BCUT2D eigenvalue weighted by molar-refractivity contribution is 0.00431. The van der Waals surface area contributed by atoms with Crippen molar-refractivity contribution in [2.24, 2.45) is 0 Å². The highest BCUT2D eigenvalue weighted by molar-refractivity contribution is 7.80. The Bertz CT molecular complexity index is 823. The molecule has 1 aliphatic carbocycles. The van der Waals surface area contributed by atoms with Crippen LogP contribution >= 0.6 is 12.2 Å². The van der Waals surface area contributed by atoms with Crippen molar-refractivity contribution >= 4 is 28.9 Å². The Morgan fingerprint density at radius 1 is 1.25 bits per heavy atom. The van der Waals surface area contributed by atoms with Crippen LogP contribution in [0.1, 0.15) is 41.6 Å². The maximum atomic E-state index is 12.9. The molecular weight excluding hydrogens is 370 g/mol. The molecule has 6 heteroatoms. The van der Waals surface area contributed by atoms with Crippen molar-refractivity contribution in [3.8, 4) is 0 Å². The number of rotatable bonds is 5. The third-order valence-corrected chi connectivity index (χ3v) is 6.08. The number of pyridine rings is 1. The van der Waals surface area contributed by atoms with Crippen LogP contribution in [0.3, 0.4) is 0 Å². The first kappa shape index (κ1) is 20.3. The molecule has 5 nitrogen and oxygen atoms in total. The summed E-state index contributed by atoms with van der Waals surface area (Å²) >= 11 is 5.73. The fourth-order valence-corrected chi connectivity index (χ4v) is 4.32. The van der Waals surface area contributed by atoms with Gasteiger partial charge in [0.15, 0.2) is 0 Å². The molecule has 0 saturated heterocycles. The predicted octanol–water partition coefficient (Wildman–Crippen LogP) is 3.73. The Balaban J connectivity index is 1.91. The first-order valence-electron chi connectivity index (χ1n) is 9.60. The van der Waals surface area contributed by atoms with E-state index in [0.29, 0.717) is 10.6 Å². The van der Waals surface area contributed by atoms with E-state index in [1.165, 1.54) is 0 Å². The first-order valence-corrected chi connectivity index (χ1v) is 10.0. The van der Waals surface area contributed by atoms with Gasteiger partial charge in [0.2, 0.25) is 0 Å². The van der Waals surface area contributed by atoms with Gasteiger partial charge in [0, 0.05) is 39.2 Å². The van der Waals surface area contributed by atoms with E-state index in [-0.39, 0.29) is 12.1 Å². The first-order chi connectivity index (χ1) is 13.5. The molecule has 0 amide bonds. The number of nitrogens with one attached hydrogen (secondary N) is 1. The summed E-state index contributed by atoms with van der Waals surface area (Å²) in [5, 5.41) is 3.14. The number of esters is 1. The van der Waals surface area contributed by atoms with Crippen LogP contribution in [0.25, 0.3) is 0 Å². The Kier molecular flexibility index (Phi) is 6.29. The van der Waals surface area contributed by atoms with Gasteiger partial charge in [0.05, 0.1) is 16.0 Å². The maximum absolute atomic E-state index is 12.9. The molecular formula is C22H27N3O2S. The van der Waals surface area contributed by atoms with Gasteiger partial charge in [-0.05, 0) is 55.2 Å². The normalized spacial score (nSPS) is 21.6. The summed E-state index contributed by atoms with van der Waals surface area (Å²) < 4.78 is 6.06. The van der Waals surface area contributed by atoms with Gasteiger partial charge in [0.25, 0.3) is 0 Å². The van der Waals surface area contributed by atoms with E-state index in [1.54, 1.807) is 6.20 Å². The van der Waals surface area contributed by atoms with Crippen molar-refractivity contribution in [3.63, 3.8) is 0 Å². The molecule has 0 spiro atoms. The van der Waals surface area contributed by atoms with Crippen LogP contribution in [0, 0.1) is 0 Å². The van der Waals surface area contributed by atoms with Gasteiger partial charge >= 0.3 is 5.97 Å². The van der Waals surface area contributed by atoms with E-state index in [1.807, 2.05) is 68.6 Å². The lowest BCUT2D eigenvalue weighted by Gasteiger charge is -2.43. The lowest BCUT2D eigenvalue weighted by atomic mass is 9.67. The van der Waals surface area contributed by atoms with Gasteiger partial charge in [-0.1, -0.05) is 24.7 Å². The summed E-state index contributed by atoms with van der Waals surface area (Å²) in [5.41, 5.74) is 2.03. The van der Waals surface area contributed by atoms with Crippen LogP contribution in [0.4, 0.5) is 5.69 Å². The van der Waals surface area contributed by atoms with E-state index in [0.717, 1.165) is 36.9 Å². The average molecular weight is 398 g/mol. The molecule has 2 aromatic rings. The summed E-state index contributed by atoms with van der Waals surface area (Å²) in [6, 6.07) is 11.4. The highest BCUT2D eigenvalue weighted by atomic mass is 32.1. The summed E-state index contributed by atoms with van der Waals surface area (Å²) in [7, 11) is 5.76. The van der Waals surface area contributed by atoms with Gasteiger partial charge in [-0.3, -0.25) is 4.98 Å². The van der Waals surface area contributed by atoms with E-state index < -0.39 is 5.41 Å². The molecule has 0 aliphatic heterocycles. The molecule has 3 rings (SSSR count). The number of likely N-dealkylation sites (N-methyl/N-ethyl adjacent to an activating group) is 1. The molecule has 1 heterocycles. The largest absolute Gasteiger partial charge is 0.457 e. The van der Waals surface area contributed by atoms with Crippen LogP contribution < -0.4 is 10.2 Å². The minimum absolute atomic E-state index is 0.315. The SMILES string of the molecule is CNC(=S)C1(c2cccnc2)CCCCC1OC(=O)c1ccc(N(C)C)cc1. The van der Waals surface area contributed by atoms with Crippen molar-refractivity contribution in [1.82, 2.24) is 10.3 Å². The van der Waals surface area contributed by atoms with Crippen molar-refractivity contribution in [2.75, 3.05) is 26.0 Å². The fourth-order valence-electron chi connectivity index (χ4n) is 3.96. The molecule has 1 N–H and O–H groups in total. The highest BCUT2D eigenvalue weighted by Gasteiger charge is 2.48. The summed E-state index contributed by atoms with van der Waals surface area (Å²) in [5.74, 6) is -0.315. The number of benzene rings is 1. The zero-order valence-electron chi connectivity index (χ0n) is 16.6. The van der Waals surface area contributed by atoms with Crippen LogP contribution in [-0.2, 0) is 10.2 Å². The summed E-state index contributed by atoms with van der Waals surface area (Å²) in [6.07, 6.45) is 6.89. The number of carbonyl (C=O) groups is 1. The molecule has 1 aliphatic rings. The van der Waals surface area contributed by atoms with Crippen molar-refractivity contribution in [3.05, 3.63) is 59.9 Å². The second-order valence-electron chi connectivity index (χ2n) is 7.37. The average Bonchev–Trinajstić information content (AvgIpc) is 2.74. The smallest absolute Gasteiger partial charge is 0.338 e. The second kappa shape index (κ2) is 8.69. The topological polar surface area (TPSA) is 54.5 Å². The number of ether oxygens (including phenoxy) is 1. The Morgan fingerprint density at radius 3 is 2.61 bits per heavy atom. The number of anilines is 1. The molecule has 1 fully saturated rings. The molecule has 2 unspecified atom stereocenters. The summed E-state index contributed by atoms with van der Waals surface area (Å²) in [6.45, 7) is 0. The van der Waals surface area contributed by atoms with Crippen LogP contribution in [-0.4, -0.2) is 43.2 Å². The molecule has 0 bridgehead atoms. The molecule has 28 heavy (non-hydrogen) atoms. The molecule has 1 saturated carbocycles. The number of aromatic nitrogens is 1. The molecule has 1 aromatic carbocycles. The monoisotopic (exact) mass is 397 g/mol. The standard InChI is InChI=1S/C22H27N3O2S/c1-23-21(28)22(17-7-6-14-24-15-17)13-5-4-8-19(22)27-20(26)16-9-11-18(12-10-16)25(2)3/h6-7,9-12,14-15,19H,4-5,8,13H2,1-3H3,(H,23,28). The zero-order valence-corrected chi connectivity index (χ0v) is 17.5. The minimum Gasteiger partial charge on any atom is -0.457 e. The third-order valence-electron chi connectivity index (χ3n) is 5.51. The van der Waals surface area contributed by atoms with E-state index in [2.05, 4.69) is 10.3 Å². The predicted molar refractivity (Wildman–Crippen MR) is 116 cm³/mol. The number of hydrogen-bond donors (Lipinski definition) is 1. The van der Waals surface area contributed by atoms with Gasteiger partial charge in [-0.15, -0.1) is 0 Å². The Labute approximate surface area is 172 Å². The highest BCUT2D eigenvalue weighted by Crippen LogP contribution is 2.42. The molecule has 0 radical (unpaired) electrons. The number of hydrogen-bond acceptors (Lipinski definition) is 5. The van der Waals surface area contributed by atoms with Gasteiger partial charge < -0.3 is 15.0 Å². The molecule has 1 aromatic heterocycles. The maximum Gasteiger partial charge on any atom is 0.338 e. The minimum atomic E-state index is -0.546. The second-order valence-corrected chi connectivity index (χ2v) is 7.78. The summed E-state index contributed by atoms with van der Waals surface area (Å²) in [4.78, 5) is 19.9. The number of carbonyl (C=O) groups excluding carboxylic acids is 1. The Hall–Kier alpha value is -2.47. The number of nitrogens with zero attached hydrogens (tertiary/aromatic N) is 2. The van der Waals surface area contributed by atoms with E-state index in [4.69, 9.17) is 17.0 Å². The number of thiocarbonyl (C=S) groups is 1. The van der Waals surface area contributed by atoms with Gasteiger partial charge in [0.1, 0.15) is 6.10 Å². The molecule has 2 atom stereocenters. The quantitative estimate of drug-likeness (QED) is 0.613. The van der Waals surface area contributed by atoms with Gasteiger partial charge in [-0.2, -0.15) is 0 Å². The van der Waals surface area contributed by atoms with Gasteiger partial charge in [-0.25, -0.2) is 4.79 Å². The van der Waals surface area contributed by atoms with E-state index >= 15 is 0 Å². The van der Waals surface area contributed by atoms with Crippen molar-refractivity contribution in [2.45, 2.75) is 37.2 Å². The van der Waals surface area contributed by atoms with Crippen molar-refractivity contribution < 1.29 is 9.53 Å². The molecule has 148 valence electrons. The van der Waals surface area contributed by atoms with Crippen molar-refractivity contribution in [1.29, 1.82) is 0 Å². The van der Waals surface area contributed by atoms with Crippen LogP contribution in [0.2, 0.25) is 0 Å². The third kappa shape index (κ3) is 3.87. The Morgan fingerprint density at radius 2 is 2.00 bits per heavy atom. The lowest BCUT2D eigenvalue weighted by Crippen LogP contribution is -2.53. The van der Waals surface area contributed by atoms with Crippen LogP contribution in [0.5, 0.6) is 0 Å². The van der Waals surface area contributed by atoms with E-state index in [9.17, 15) is 4.79 Å².